The first-order chi connectivity index (χ1) is 14.8. The van der Waals surface area contributed by atoms with Crippen molar-refractivity contribution in [1.29, 1.82) is 0 Å². The van der Waals surface area contributed by atoms with Gasteiger partial charge in [0, 0.05) is 6.08 Å². The van der Waals surface area contributed by atoms with E-state index in [-0.39, 0.29) is 17.4 Å². The normalized spacial score (nSPS) is 16.2. The average molecular weight is 419 g/mol. The number of rotatable bonds is 6. The zero-order valence-electron chi connectivity index (χ0n) is 18.7. The molecule has 2 aromatic rings. The van der Waals surface area contributed by atoms with Crippen LogP contribution in [-0.4, -0.2) is 25.2 Å². The van der Waals surface area contributed by atoms with Crippen molar-refractivity contribution in [3.05, 3.63) is 76.4 Å². The minimum absolute atomic E-state index is 0.0620. The fourth-order valence-corrected chi connectivity index (χ4v) is 3.85. The fourth-order valence-electron chi connectivity index (χ4n) is 3.85. The molecule has 4 heteroatoms. The van der Waals surface area contributed by atoms with Crippen molar-refractivity contribution in [3.8, 4) is 0 Å². The molecule has 0 amide bonds. The molecule has 162 valence electrons. The van der Waals surface area contributed by atoms with Crippen molar-refractivity contribution >= 4 is 29.7 Å². The highest BCUT2D eigenvalue weighted by atomic mass is 16.5. The van der Waals surface area contributed by atoms with Crippen LogP contribution in [0.25, 0.3) is 17.7 Å². The van der Waals surface area contributed by atoms with Crippen molar-refractivity contribution in [1.82, 2.24) is 0 Å². The van der Waals surface area contributed by atoms with Gasteiger partial charge in [-0.15, -0.1) is 0 Å². The summed E-state index contributed by atoms with van der Waals surface area (Å²) in [6.07, 6.45) is 7.54. The lowest BCUT2D eigenvalue weighted by Gasteiger charge is -2.34. The lowest BCUT2D eigenvalue weighted by Crippen LogP contribution is -2.23. The van der Waals surface area contributed by atoms with E-state index in [1.807, 2.05) is 31.2 Å². The molecule has 31 heavy (non-hydrogen) atoms. The molecule has 1 aliphatic rings. The van der Waals surface area contributed by atoms with E-state index < -0.39 is 0 Å². The van der Waals surface area contributed by atoms with Crippen molar-refractivity contribution in [2.24, 2.45) is 0 Å². The van der Waals surface area contributed by atoms with Crippen molar-refractivity contribution < 1.29 is 19.1 Å². The first-order valence-corrected chi connectivity index (χ1v) is 10.8. The largest absolute Gasteiger partial charge is 0.463 e. The molecule has 0 atom stereocenters. The van der Waals surface area contributed by atoms with E-state index in [0.29, 0.717) is 18.8 Å². The molecule has 0 unspecified atom stereocenters. The lowest BCUT2D eigenvalue weighted by molar-refractivity contribution is -0.137. The predicted molar refractivity (Wildman–Crippen MR) is 125 cm³/mol. The summed E-state index contributed by atoms with van der Waals surface area (Å²) >= 11 is 0. The zero-order valence-corrected chi connectivity index (χ0v) is 18.7. The molecule has 0 fully saturated rings. The molecule has 0 radical (unpaired) electrons. The van der Waals surface area contributed by atoms with Gasteiger partial charge in [-0.1, -0.05) is 50.3 Å². The first-order valence-electron chi connectivity index (χ1n) is 10.8. The van der Waals surface area contributed by atoms with Crippen molar-refractivity contribution in [2.45, 2.75) is 46.0 Å². The van der Waals surface area contributed by atoms with Gasteiger partial charge in [0.2, 0.25) is 0 Å². The minimum Gasteiger partial charge on any atom is -0.463 e. The van der Waals surface area contributed by atoms with Crippen LogP contribution < -0.4 is 0 Å². The van der Waals surface area contributed by atoms with Gasteiger partial charge in [-0.3, -0.25) is 0 Å². The fraction of sp³-hybridized carbons (Fsp3) is 0.333. The molecule has 3 rings (SSSR count). The quantitative estimate of drug-likeness (QED) is 0.325. The summed E-state index contributed by atoms with van der Waals surface area (Å²) < 4.78 is 10.2. The minimum atomic E-state index is -0.309. The van der Waals surface area contributed by atoms with Gasteiger partial charge >= 0.3 is 11.9 Å². The molecule has 0 aliphatic heterocycles. The summed E-state index contributed by atoms with van der Waals surface area (Å²) in [5.74, 6) is -0.595. The highest BCUT2D eigenvalue weighted by Gasteiger charge is 2.30. The van der Waals surface area contributed by atoms with Gasteiger partial charge in [-0.05, 0) is 78.1 Å². The van der Waals surface area contributed by atoms with Crippen molar-refractivity contribution in [2.75, 3.05) is 13.2 Å². The van der Waals surface area contributed by atoms with E-state index in [9.17, 15) is 9.59 Å². The Kier molecular flexibility index (Phi) is 7.11. The van der Waals surface area contributed by atoms with Crippen LogP contribution in [0.15, 0.2) is 48.5 Å². The average Bonchev–Trinajstić information content (AvgIpc) is 2.75. The monoisotopic (exact) mass is 418 g/mol. The maximum absolute atomic E-state index is 12.0. The number of allylic oxidation sites excluding steroid dienone is 1. The molecular formula is C27H30O4. The van der Waals surface area contributed by atoms with Crippen LogP contribution in [0.4, 0.5) is 0 Å². The molecular weight excluding hydrogens is 388 g/mol. The second kappa shape index (κ2) is 9.78. The molecule has 1 aliphatic carbocycles. The summed E-state index contributed by atoms with van der Waals surface area (Å²) in [5.41, 5.74) is 6.06. The van der Waals surface area contributed by atoms with Crippen LogP contribution in [-0.2, 0) is 19.7 Å². The van der Waals surface area contributed by atoms with E-state index in [1.54, 1.807) is 25.1 Å². The highest BCUT2D eigenvalue weighted by molar-refractivity contribution is 5.93. The number of carbonyl (C=O) groups is 2. The maximum Gasteiger partial charge on any atom is 0.338 e. The molecule has 0 spiro atoms. The Hall–Kier alpha value is -3.14. The Morgan fingerprint density at radius 2 is 1.58 bits per heavy atom. The van der Waals surface area contributed by atoms with E-state index in [2.05, 4.69) is 32.0 Å². The Bertz CT molecular complexity index is 1010. The number of ether oxygens (including phenoxy) is 2. The number of carbonyl (C=O) groups excluding carboxylic acids is 2. The van der Waals surface area contributed by atoms with Gasteiger partial charge in [0.25, 0.3) is 0 Å². The smallest absolute Gasteiger partial charge is 0.338 e. The molecule has 2 aromatic carbocycles. The first kappa shape index (κ1) is 22.5. The number of esters is 2. The second-order valence-corrected chi connectivity index (χ2v) is 8.29. The molecule has 0 N–H and O–H groups in total. The third-order valence-corrected chi connectivity index (χ3v) is 5.61. The Morgan fingerprint density at radius 1 is 0.935 bits per heavy atom. The van der Waals surface area contributed by atoms with Gasteiger partial charge in [-0.25, -0.2) is 9.59 Å². The molecule has 0 bridgehead atoms. The van der Waals surface area contributed by atoms with Gasteiger partial charge < -0.3 is 9.47 Å². The number of fused-ring (bicyclic) bond motifs is 1. The van der Waals surface area contributed by atoms with Crippen LogP contribution in [0.3, 0.4) is 0 Å². The van der Waals surface area contributed by atoms with E-state index >= 15 is 0 Å². The predicted octanol–water partition coefficient (Wildman–Crippen LogP) is 6.05. The highest BCUT2D eigenvalue weighted by Crippen LogP contribution is 2.42. The summed E-state index contributed by atoms with van der Waals surface area (Å²) in [6.45, 7) is 8.83. The van der Waals surface area contributed by atoms with E-state index in [4.69, 9.17) is 9.47 Å². The van der Waals surface area contributed by atoms with Gasteiger partial charge in [0.15, 0.2) is 0 Å². The Labute approximate surface area is 184 Å². The zero-order chi connectivity index (χ0) is 22.4. The summed E-state index contributed by atoms with van der Waals surface area (Å²) in [7, 11) is 0. The van der Waals surface area contributed by atoms with Gasteiger partial charge in [0.05, 0.1) is 18.8 Å². The summed E-state index contributed by atoms with van der Waals surface area (Å²) in [6, 6.07) is 13.8. The summed E-state index contributed by atoms with van der Waals surface area (Å²) in [4.78, 5) is 23.8. The van der Waals surface area contributed by atoms with Gasteiger partial charge in [-0.2, -0.15) is 0 Å². The second-order valence-electron chi connectivity index (χ2n) is 8.29. The molecule has 0 saturated heterocycles. The number of hydrogen-bond donors (Lipinski definition) is 0. The third-order valence-electron chi connectivity index (χ3n) is 5.61. The maximum atomic E-state index is 12.0. The summed E-state index contributed by atoms with van der Waals surface area (Å²) in [5, 5.41) is 0. The number of hydrogen-bond acceptors (Lipinski definition) is 4. The molecule has 4 nitrogen and oxygen atoms in total. The lowest BCUT2D eigenvalue weighted by atomic mass is 9.70. The SMILES string of the molecule is CCOC(=O)C=C1CCC(C)(C)c2ccc(C=Cc3ccc(C(=O)OCC)cc3)cc21. The van der Waals surface area contributed by atoms with Crippen LogP contribution in [0.5, 0.6) is 0 Å². The van der Waals surface area contributed by atoms with Crippen LogP contribution in [0.1, 0.15) is 73.1 Å². The van der Waals surface area contributed by atoms with Crippen LogP contribution >= 0.6 is 0 Å². The standard InChI is InChI=1S/C27H30O4/c1-5-30-25(28)18-22-15-16-27(3,4)24-14-11-20(17-23(22)24)8-7-19-9-12-21(13-10-19)26(29)31-6-2/h7-14,17-18H,5-6,15-16H2,1-4H3. The van der Waals surface area contributed by atoms with Gasteiger partial charge in [0.1, 0.15) is 0 Å². The molecule has 0 heterocycles. The van der Waals surface area contributed by atoms with E-state index in [0.717, 1.165) is 35.1 Å². The Morgan fingerprint density at radius 3 is 2.26 bits per heavy atom. The third kappa shape index (κ3) is 5.52. The molecule has 0 saturated carbocycles. The van der Waals surface area contributed by atoms with E-state index in [1.165, 1.54) is 5.56 Å². The van der Waals surface area contributed by atoms with Crippen LogP contribution in [0.2, 0.25) is 0 Å². The Balaban J connectivity index is 1.87. The van der Waals surface area contributed by atoms with Crippen LogP contribution in [0, 0.1) is 0 Å². The molecule has 0 aromatic heterocycles. The van der Waals surface area contributed by atoms with Crippen molar-refractivity contribution in [3.63, 3.8) is 0 Å². The number of benzene rings is 2. The topological polar surface area (TPSA) is 52.6 Å².